The fourth-order valence-corrected chi connectivity index (χ4v) is 1.59. The Morgan fingerprint density at radius 3 is 2.31 bits per heavy atom. The molecule has 13 heavy (non-hydrogen) atoms. The van der Waals surface area contributed by atoms with Gasteiger partial charge in [0, 0.05) is 6.42 Å². The molecule has 0 unspecified atom stereocenters. The van der Waals surface area contributed by atoms with E-state index < -0.39 is 0 Å². The molecule has 1 nitrogen and oxygen atoms in total. The molecule has 66 valence electrons. The van der Waals surface area contributed by atoms with E-state index in [2.05, 4.69) is 31.2 Å². The fourth-order valence-electron chi connectivity index (χ4n) is 1.59. The summed E-state index contributed by atoms with van der Waals surface area (Å²) >= 11 is 0. The summed E-state index contributed by atoms with van der Waals surface area (Å²) < 4.78 is 0. The lowest BCUT2D eigenvalue weighted by molar-refractivity contribution is -0.114. The van der Waals surface area contributed by atoms with Gasteiger partial charge in [0.1, 0.15) is 0 Å². The van der Waals surface area contributed by atoms with Crippen LogP contribution >= 0.6 is 0 Å². The molecule has 0 saturated heterocycles. The Balaban J connectivity index is 2.31. The Morgan fingerprint density at radius 1 is 1.08 bits per heavy atom. The van der Waals surface area contributed by atoms with E-state index in [1.807, 2.05) is 0 Å². The van der Waals surface area contributed by atoms with Crippen LogP contribution in [0.5, 0.6) is 0 Å². The second kappa shape index (κ2) is 3.17. The topological polar surface area (TPSA) is 17.1 Å². The van der Waals surface area contributed by atoms with Gasteiger partial charge in [-0.25, -0.2) is 0 Å². The lowest BCUT2D eigenvalue weighted by atomic mass is 10.0. The number of carbonyl (C=O) groups is 1. The molecule has 0 atom stereocenters. The smallest absolute Gasteiger partial charge is 0.156 e. The van der Waals surface area contributed by atoms with Crippen LogP contribution in [0.15, 0.2) is 30.3 Å². The molecule has 0 N–H and O–H groups in total. The van der Waals surface area contributed by atoms with Gasteiger partial charge in [0.05, 0.1) is 0 Å². The fraction of sp³-hybridized carbons (Fsp3) is 0.250. The maximum Gasteiger partial charge on any atom is 0.156 e. The minimum absolute atomic E-state index is 0.260. The van der Waals surface area contributed by atoms with Crippen LogP contribution in [-0.2, 0) is 4.79 Å². The number of carbonyl (C=O) groups excluding carboxylic acids is 1. The second-order valence-corrected chi connectivity index (χ2v) is 3.50. The van der Waals surface area contributed by atoms with Crippen LogP contribution in [0, 0.1) is 6.92 Å². The average molecular weight is 172 g/mol. The predicted octanol–water partition coefficient (Wildman–Crippen LogP) is 2.74. The van der Waals surface area contributed by atoms with Crippen LogP contribution in [0.4, 0.5) is 0 Å². The largest absolute Gasteiger partial charge is 0.295 e. The number of benzene rings is 1. The van der Waals surface area contributed by atoms with E-state index in [1.165, 1.54) is 16.7 Å². The molecule has 0 fully saturated rings. The van der Waals surface area contributed by atoms with Gasteiger partial charge < -0.3 is 0 Å². The quantitative estimate of drug-likeness (QED) is 0.636. The lowest BCUT2D eigenvalue weighted by Gasteiger charge is -2.00. The number of hydrogen-bond acceptors (Lipinski definition) is 1. The van der Waals surface area contributed by atoms with Gasteiger partial charge in [0.15, 0.2) is 5.78 Å². The van der Waals surface area contributed by atoms with Crippen molar-refractivity contribution in [2.45, 2.75) is 19.8 Å². The normalized spacial score (nSPS) is 16.1. The van der Waals surface area contributed by atoms with Crippen LogP contribution in [0.25, 0.3) is 5.57 Å². The molecule has 0 spiro atoms. The molecule has 0 heterocycles. The Kier molecular flexibility index (Phi) is 2.01. The van der Waals surface area contributed by atoms with Gasteiger partial charge >= 0.3 is 0 Å². The van der Waals surface area contributed by atoms with Crippen molar-refractivity contribution in [3.05, 3.63) is 41.5 Å². The SMILES string of the molecule is Cc1ccc(C2=CC(=O)CC2)cc1. The maximum atomic E-state index is 11.0. The molecule has 2 rings (SSSR count). The van der Waals surface area contributed by atoms with Gasteiger partial charge in [-0.3, -0.25) is 4.79 Å². The van der Waals surface area contributed by atoms with Crippen molar-refractivity contribution in [1.82, 2.24) is 0 Å². The van der Waals surface area contributed by atoms with E-state index in [0.29, 0.717) is 6.42 Å². The summed E-state index contributed by atoms with van der Waals surface area (Å²) in [5, 5.41) is 0. The van der Waals surface area contributed by atoms with Crippen LogP contribution < -0.4 is 0 Å². The third kappa shape index (κ3) is 1.69. The molecule has 0 aromatic heterocycles. The van der Waals surface area contributed by atoms with E-state index in [1.54, 1.807) is 6.08 Å². The van der Waals surface area contributed by atoms with Crippen molar-refractivity contribution >= 4 is 11.4 Å². The van der Waals surface area contributed by atoms with Crippen LogP contribution in [0.2, 0.25) is 0 Å². The van der Waals surface area contributed by atoms with Crippen molar-refractivity contribution in [2.75, 3.05) is 0 Å². The highest BCUT2D eigenvalue weighted by molar-refractivity contribution is 6.01. The summed E-state index contributed by atoms with van der Waals surface area (Å²) in [5.41, 5.74) is 3.63. The highest BCUT2D eigenvalue weighted by atomic mass is 16.1. The van der Waals surface area contributed by atoms with Crippen LogP contribution in [0.3, 0.4) is 0 Å². The summed E-state index contributed by atoms with van der Waals surface area (Å²) in [6.45, 7) is 2.07. The summed E-state index contributed by atoms with van der Waals surface area (Å²) in [4.78, 5) is 11.0. The number of aryl methyl sites for hydroxylation is 1. The zero-order valence-electron chi connectivity index (χ0n) is 7.71. The average Bonchev–Trinajstić information content (AvgIpc) is 2.53. The highest BCUT2D eigenvalue weighted by Crippen LogP contribution is 2.25. The van der Waals surface area contributed by atoms with E-state index in [-0.39, 0.29) is 5.78 Å². The van der Waals surface area contributed by atoms with E-state index >= 15 is 0 Å². The summed E-state index contributed by atoms with van der Waals surface area (Å²) in [6.07, 6.45) is 3.36. The molecule has 0 radical (unpaired) electrons. The molecular weight excluding hydrogens is 160 g/mol. The molecule has 1 aromatic carbocycles. The number of allylic oxidation sites excluding steroid dienone is 2. The van der Waals surface area contributed by atoms with E-state index in [9.17, 15) is 4.79 Å². The molecule has 1 aliphatic rings. The molecule has 1 aromatic rings. The first-order valence-corrected chi connectivity index (χ1v) is 4.56. The molecular formula is C12H12O. The van der Waals surface area contributed by atoms with E-state index in [4.69, 9.17) is 0 Å². The second-order valence-electron chi connectivity index (χ2n) is 3.50. The monoisotopic (exact) mass is 172 g/mol. The zero-order chi connectivity index (χ0) is 9.26. The Hall–Kier alpha value is -1.37. The predicted molar refractivity (Wildman–Crippen MR) is 53.4 cm³/mol. The highest BCUT2D eigenvalue weighted by Gasteiger charge is 2.12. The van der Waals surface area contributed by atoms with Crippen LogP contribution in [-0.4, -0.2) is 5.78 Å². The molecule has 0 aliphatic heterocycles. The molecule has 0 amide bonds. The first kappa shape index (κ1) is 8.24. The zero-order valence-corrected chi connectivity index (χ0v) is 7.71. The van der Waals surface area contributed by atoms with Gasteiger partial charge in [-0.05, 0) is 30.6 Å². The third-order valence-corrected chi connectivity index (χ3v) is 2.40. The minimum atomic E-state index is 0.260. The van der Waals surface area contributed by atoms with Crippen molar-refractivity contribution in [2.24, 2.45) is 0 Å². The van der Waals surface area contributed by atoms with Gasteiger partial charge in [-0.2, -0.15) is 0 Å². The van der Waals surface area contributed by atoms with Crippen LogP contribution in [0.1, 0.15) is 24.0 Å². The Morgan fingerprint density at radius 2 is 1.77 bits per heavy atom. The Bertz CT molecular complexity index is 357. The van der Waals surface area contributed by atoms with Gasteiger partial charge in [-0.15, -0.1) is 0 Å². The lowest BCUT2D eigenvalue weighted by Crippen LogP contribution is -1.80. The number of ketones is 1. The van der Waals surface area contributed by atoms with Crippen molar-refractivity contribution in [3.63, 3.8) is 0 Å². The summed E-state index contributed by atoms with van der Waals surface area (Å²) in [7, 11) is 0. The minimum Gasteiger partial charge on any atom is -0.295 e. The standard InChI is InChI=1S/C12H12O/c1-9-2-4-10(5-3-9)11-6-7-12(13)8-11/h2-5,8H,6-7H2,1H3. The van der Waals surface area contributed by atoms with Gasteiger partial charge in [0.25, 0.3) is 0 Å². The van der Waals surface area contributed by atoms with Crippen molar-refractivity contribution in [1.29, 1.82) is 0 Å². The van der Waals surface area contributed by atoms with E-state index in [0.717, 1.165) is 6.42 Å². The summed E-state index contributed by atoms with van der Waals surface area (Å²) in [6, 6.07) is 8.33. The maximum absolute atomic E-state index is 11.0. The van der Waals surface area contributed by atoms with Gasteiger partial charge in [0.2, 0.25) is 0 Å². The molecule has 1 heteroatoms. The van der Waals surface area contributed by atoms with Crippen molar-refractivity contribution < 1.29 is 4.79 Å². The first-order chi connectivity index (χ1) is 6.25. The first-order valence-electron chi connectivity index (χ1n) is 4.56. The number of rotatable bonds is 1. The third-order valence-electron chi connectivity index (χ3n) is 2.40. The molecule has 1 aliphatic carbocycles. The molecule has 0 bridgehead atoms. The molecule has 0 saturated carbocycles. The summed E-state index contributed by atoms with van der Waals surface area (Å²) in [5.74, 6) is 0.260. The number of hydrogen-bond donors (Lipinski definition) is 0. The Labute approximate surface area is 78.1 Å². The van der Waals surface area contributed by atoms with Gasteiger partial charge in [-0.1, -0.05) is 29.8 Å². The van der Waals surface area contributed by atoms with Crippen molar-refractivity contribution in [3.8, 4) is 0 Å².